The molecular weight excluding hydrogens is 308 g/mol. The second kappa shape index (κ2) is 8.02. The van der Waals surface area contributed by atoms with Gasteiger partial charge in [-0.25, -0.2) is 0 Å². The molecule has 2 aromatic carbocycles. The molecule has 2 aromatic rings. The van der Waals surface area contributed by atoms with Gasteiger partial charge >= 0.3 is 0 Å². The Labute approximate surface area is 143 Å². The number of carbonyl (C=O) groups excluding carboxylic acids is 1. The molecule has 1 amide bonds. The highest BCUT2D eigenvalue weighted by atomic mass is 35.5. The van der Waals surface area contributed by atoms with Gasteiger partial charge in [0.05, 0.1) is 10.7 Å². The number of amides is 1. The van der Waals surface area contributed by atoms with Crippen molar-refractivity contribution in [2.45, 2.75) is 33.1 Å². The number of anilines is 2. The van der Waals surface area contributed by atoms with E-state index in [1.807, 2.05) is 12.1 Å². The Morgan fingerprint density at radius 3 is 2.57 bits per heavy atom. The van der Waals surface area contributed by atoms with Crippen molar-refractivity contribution in [3.05, 3.63) is 58.6 Å². The molecule has 0 aromatic heterocycles. The number of para-hydroxylation sites is 2. The van der Waals surface area contributed by atoms with Gasteiger partial charge in [0.1, 0.15) is 0 Å². The van der Waals surface area contributed by atoms with Crippen LogP contribution in [0.5, 0.6) is 0 Å². The number of aryl methyl sites for hydroxylation is 1. The highest BCUT2D eigenvalue weighted by Crippen LogP contribution is 2.27. The Balaban J connectivity index is 1.93. The van der Waals surface area contributed by atoms with Crippen LogP contribution < -0.4 is 10.6 Å². The van der Waals surface area contributed by atoms with Gasteiger partial charge in [0.25, 0.3) is 0 Å². The summed E-state index contributed by atoms with van der Waals surface area (Å²) in [6, 6.07) is 13.5. The van der Waals surface area contributed by atoms with Gasteiger partial charge in [-0.05, 0) is 36.1 Å². The maximum atomic E-state index is 12.0. The number of hydrogen-bond donors (Lipinski definition) is 2. The summed E-state index contributed by atoms with van der Waals surface area (Å²) >= 11 is 6.04. The zero-order valence-electron chi connectivity index (χ0n) is 13.8. The van der Waals surface area contributed by atoms with Crippen LogP contribution in [0.2, 0.25) is 5.02 Å². The van der Waals surface area contributed by atoms with Crippen molar-refractivity contribution in [1.29, 1.82) is 0 Å². The van der Waals surface area contributed by atoms with E-state index in [0.717, 1.165) is 5.69 Å². The first-order valence-electron chi connectivity index (χ1n) is 7.86. The Hall–Kier alpha value is -2.00. The zero-order valence-corrected chi connectivity index (χ0v) is 14.6. The molecule has 23 heavy (non-hydrogen) atoms. The van der Waals surface area contributed by atoms with Crippen molar-refractivity contribution in [1.82, 2.24) is 0 Å². The Kier molecular flexibility index (Phi) is 6.05. The summed E-state index contributed by atoms with van der Waals surface area (Å²) in [4.78, 5) is 12.0. The van der Waals surface area contributed by atoms with E-state index < -0.39 is 0 Å². The monoisotopic (exact) mass is 330 g/mol. The van der Waals surface area contributed by atoms with Crippen LogP contribution in [0.3, 0.4) is 0 Å². The molecule has 0 radical (unpaired) electrons. The van der Waals surface area contributed by atoms with Crippen LogP contribution in [0.25, 0.3) is 0 Å². The van der Waals surface area contributed by atoms with Crippen molar-refractivity contribution < 1.29 is 4.79 Å². The Morgan fingerprint density at radius 1 is 1.13 bits per heavy atom. The standard InChI is InChI=1S/C19H23ClN2O/c1-13(2)15-8-6-7-14(3)19(15)21-12-11-18(23)22-17-10-5-4-9-16(17)20/h4-10,13,21H,11-12H2,1-3H3,(H,22,23). The molecule has 0 aliphatic rings. The van der Waals surface area contributed by atoms with Crippen LogP contribution in [0, 0.1) is 6.92 Å². The molecule has 0 bridgehead atoms. The summed E-state index contributed by atoms with van der Waals surface area (Å²) in [5.74, 6) is 0.389. The molecule has 0 fully saturated rings. The van der Waals surface area contributed by atoms with Gasteiger partial charge in [-0.3, -0.25) is 4.79 Å². The minimum Gasteiger partial charge on any atom is -0.384 e. The SMILES string of the molecule is Cc1cccc(C(C)C)c1NCCC(=O)Nc1ccccc1Cl. The van der Waals surface area contributed by atoms with E-state index in [2.05, 4.69) is 49.6 Å². The normalized spacial score (nSPS) is 10.7. The molecule has 0 saturated heterocycles. The van der Waals surface area contributed by atoms with Crippen molar-refractivity contribution >= 4 is 28.9 Å². The molecule has 122 valence electrons. The number of hydrogen-bond acceptors (Lipinski definition) is 2. The number of halogens is 1. The van der Waals surface area contributed by atoms with E-state index in [1.165, 1.54) is 11.1 Å². The van der Waals surface area contributed by atoms with E-state index in [1.54, 1.807) is 12.1 Å². The first-order valence-corrected chi connectivity index (χ1v) is 8.24. The summed E-state index contributed by atoms with van der Waals surface area (Å²) in [5.41, 5.74) is 4.25. The minimum atomic E-state index is -0.0507. The predicted octanol–water partition coefficient (Wildman–Crippen LogP) is 5.21. The highest BCUT2D eigenvalue weighted by molar-refractivity contribution is 6.33. The fraction of sp³-hybridized carbons (Fsp3) is 0.316. The topological polar surface area (TPSA) is 41.1 Å². The quantitative estimate of drug-likeness (QED) is 0.763. The van der Waals surface area contributed by atoms with E-state index in [9.17, 15) is 4.79 Å². The van der Waals surface area contributed by atoms with Gasteiger partial charge in [0, 0.05) is 18.7 Å². The molecular formula is C19H23ClN2O. The van der Waals surface area contributed by atoms with Crippen LogP contribution >= 0.6 is 11.6 Å². The van der Waals surface area contributed by atoms with Crippen molar-refractivity contribution in [3.8, 4) is 0 Å². The fourth-order valence-electron chi connectivity index (χ4n) is 2.49. The second-order valence-corrected chi connectivity index (χ2v) is 6.31. The first kappa shape index (κ1) is 17.4. The van der Waals surface area contributed by atoms with Crippen LogP contribution in [0.1, 0.15) is 37.3 Å². The lowest BCUT2D eigenvalue weighted by atomic mass is 9.98. The van der Waals surface area contributed by atoms with E-state index in [-0.39, 0.29) is 5.91 Å². The maximum Gasteiger partial charge on any atom is 0.226 e. The highest BCUT2D eigenvalue weighted by Gasteiger charge is 2.10. The van der Waals surface area contributed by atoms with E-state index in [0.29, 0.717) is 29.6 Å². The largest absolute Gasteiger partial charge is 0.384 e. The van der Waals surface area contributed by atoms with Crippen molar-refractivity contribution in [2.75, 3.05) is 17.2 Å². The van der Waals surface area contributed by atoms with Gasteiger partial charge in [-0.1, -0.05) is 55.8 Å². The molecule has 3 nitrogen and oxygen atoms in total. The average Bonchev–Trinajstić information content (AvgIpc) is 2.51. The zero-order chi connectivity index (χ0) is 16.8. The third kappa shape index (κ3) is 4.73. The van der Waals surface area contributed by atoms with Gasteiger partial charge in [0.15, 0.2) is 0 Å². The molecule has 0 aliphatic carbocycles. The third-order valence-electron chi connectivity index (χ3n) is 3.73. The number of carbonyl (C=O) groups is 1. The summed E-state index contributed by atoms with van der Waals surface area (Å²) in [7, 11) is 0. The summed E-state index contributed by atoms with van der Waals surface area (Å²) in [6.07, 6.45) is 0.386. The fourth-order valence-corrected chi connectivity index (χ4v) is 2.67. The Morgan fingerprint density at radius 2 is 1.87 bits per heavy atom. The van der Waals surface area contributed by atoms with Gasteiger partial charge < -0.3 is 10.6 Å². The Bertz CT molecular complexity index is 683. The van der Waals surface area contributed by atoms with Gasteiger partial charge in [-0.2, -0.15) is 0 Å². The number of rotatable bonds is 6. The molecule has 2 N–H and O–H groups in total. The van der Waals surface area contributed by atoms with Crippen LogP contribution in [0.4, 0.5) is 11.4 Å². The third-order valence-corrected chi connectivity index (χ3v) is 4.06. The lowest BCUT2D eigenvalue weighted by molar-refractivity contribution is -0.115. The average molecular weight is 331 g/mol. The van der Waals surface area contributed by atoms with Gasteiger partial charge in [-0.15, -0.1) is 0 Å². The van der Waals surface area contributed by atoms with Crippen molar-refractivity contribution in [2.24, 2.45) is 0 Å². The lowest BCUT2D eigenvalue weighted by Gasteiger charge is -2.17. The molecule has 4 heteroatoms. The number of nitrogens with one attached hydrogen (secondary N) is 2. The first-order chi connectivity index (χ1) is 11.0. The maximum absolute atomic E-state index is 12.0. The molecule has 0 spiro atoms. The molecule has 2 rings (SSSR count). The lowest BCUT2D eigenvalue weighted by Crippen LogP contribution is -2.17. The van der Waals surface area contributed by atoms with Crippen LogP contribution in [0.15, 0.2) is 42.5 Å². The van der Waals surface area contributed by atoms with Crippen molar-refractivity contribution in [3.63, 3.8) is 0 Å². The predicted molar refractivity (Wildman–Crippen MR) is 98.5 cm³/mol. The molecule has 0 unspecified atom stereocenters. The molecule has 0 heterocycles. The van der Waals surface area contributed by atoms with E-state index >= 15 is 0 Å². The smallest absolute Gasteiger partial charge is 0.226 e. The molecule has 0 atom stereocenters. The minimum absolute atomic E-state index is 0.0507. The molecule has 0 aliphatic heterocycles. The van der Waals surface area contributed by atoms with Crippen LogP contribution in [-0.4, -0.2) is 12.5 Å². The summed E-state index contributed by atoms with van der Waals surface area (Å²) in [6.45, 7) is 7.01. The molecule has 0 saturated carbocycles. The summed E-state index contributed by atoms with van der Waals surface area (Å²) < 4.78 is 0. The van der Waals surface area contributed by atoms with Gasteiger partial charge in [0.2, 0.25) is 5.91 Å². The number of benzene rings is 2. The van der Waals surface area contributed by atoms with Crippen LogP contribution in [-0.2, 0) is 4.79 Å². The second-order valence-electron chi connectivity index (χ2n) is 5.90. The van der Waals surface area contributed by atoms with E-state index in [4.69, 9.17) is 11.6 Å². The summed E-state index contributed by atoms with van der Waals surface area (Å²) in [5, 5.41) is 6.79.